The Kier molecular flexibility index (Phi) is 5.14. The summed E-state index contributed by atoms with van der Waals surface area (Å²) in [4.78, 5) is 12.3. The van der Waals surface area contributed by atoms with Crippen molar-refractivity contribution in [2.45, 2.75) is 6.04 Å². The van der Waals surface area contributed by atoms with E-state index in [4.69, 9.17) is 17.0 Å². The number of thiocarbonyl (C=S) groups is 1. The maximum absolute atomic E-state index is 12.3. The Hall–Kier alpha value is -1.66. The second-order valence-corrected chi connectivity index (χ2v) is 5.87. The third kappa shape index (κ3) is 3.71. The highest BCUT2D eigenvalue weighted by atomic mass is 79.9. The molecule has 1 aliphatic heterocycles. The monoisotopic (exact) mass is 366 g/mol. The van der Waals surface area contributed by atoms with E-state index in [1.54, 1.807) is 0 Å². The molecule has 6 heteroatoms. The van der Waals surface area contributed by atoms with Gasteiger partial charge in [0.2, 0.25) is 0 Å². The largest absolute Gasteiger partial charge is 0.461 e. The minimum absolute atomic E-state index is 0.167. The standard InChI is InChI=1S/C15H15BrN2O2S/c1-3-8-20-14(19)12-9(2)17-15(21)18-13(12)10-4-6-11(16)7-5-10/h3-7,12-13H,1-2,8H2,(H2,17,18,21)/t12-,13-/m1/s1. The van der Waals surface area contributed by atoms with Crippen molar-refractivity contribution in [1.29, 1.82) is 0 Å². The van der Waals surface area contributed by atoms with Crippen molar-refractivity contribution in [3.63, 3.8) is 0 Å². The molecule has 2 atom stereocenters. The third-order valence-corrected chi connectivity index (χ3v) is 3.84. The summed E-state index contributed by atoms with van der Waals surface area (Å²) in [5, 5.41) is 6.44. The quantitative estimate of drug-likeness (QED) is 0.487. The van der Waals surface area contributed by atoms with E-state index in [1.165, 1.54) is 6.08 Å². The van der Waals surface area contributed by atoms with Gasteiger partial charge < -0.3 is 15.4 Å². The highest BCUT2D eigenvalue weighted by molar-refractivity contribution is 9.10. The van der Waals surface area contributed by atoms with Crippen molar-refractivity contribution in [2.24, 2.45) is 5.92 Å². The number of esters is 1. The predicted octanol–water partition coefficient (Wildman–Crippen LogP) is 2.83. The fraction of sp³-hybridized carbons (Fsp3) is 0.200. The Labute approximate surface area is 137 Å². The Morgan fingerprint density at radius 3 is 2.71 bits per heavy atom. The van der Waals surface area contributed by atoms with Crippen molar-refractivity contribution >= 4 is 39.2 Å². The number of carbonyl (C=O) groups is 1. The van der Waals surface area contributed by atoms with Crippen LogP contribution in [0.25, 0.3) is 0 Å². The number of rotatable bonds is 4. The van der Waals surface area contributed by atoms with Crippen molar-refractivity contribution in [2.75, 3.05) is 6.61 Å². The number of hydrogen-bond donors (Lipinski definition) is 2. The number of ether oxygens (including phenoxy) is 1. The summed E-state index contributed by atoms with van der Waals surface area (Å²) >= 11 is 8.54. The molecule has 0 amide bonds. The number of benzene rings is 1. The van der Waals surface area contributed by atoms with Gasteiger partial charge in [-0.1, -0.05) is 47.3 Å². The minimum Gasteiger partial charge on any atom is -0.461 e. The van der Waals surface area contributed by atoms with Crippen LogP contribution in [0.3, 0.4) is 0 Å². The predicted molar refractivity (Wildman–Crippen MR) is 89.5 cm³/mol. The molecule has 1 aromatic carbocycles. The van der Waals surface area contributed by atoms with Crippen LogP contribution < -0.4 is 10.6 Å². The van der Waals surface area contributed by atoms with Gasteiger partial charge in [0.1, 0.15) is 12.5 Å². The SMILES string of the molecule is C=CCOC(=O)[C@@H]1C(=C)NC(=S)N[C@@H]1c1ccc(Br)cc1. The molecule has 110 valence electrons. The first-order valence-electron chi connectivity index (χ1n) is 6.32. The van der Waals surface area contributed by atoms with E-state index in [0.29, 0.717) is 10.8 Å². The van der Waals surface area contributed by atoms with Gasteiger partial charge in [-0.3, -0.25) is 4.79 Å². The zero-order valence-electron chi connectivity index (χ0n) is 11.3. The van der Waals surface area contributed by atoms with Gasteiger partial charge in [0, 0.05) is 10.2 Å². The molecule has 1 aromatic rings. The van der Waals surface area contributed by atoms with Crippen LogP contribution in [0.5, 0.6) is 0 Å². The van der Waals surface area contributed by atoms with Gasteiger partial charge in [0.25, 0.3) is 0 Å². The average molecular weight is 367 g/mol. The number of halogens is 1. The zero-order chi connectivity index (χ0) is 15.4. The first kappa shape index (κ1) is 15.7. The first-order chi connectivity index (χ1) is 10.0. The summed E-state index contributed by atoms with van der Waals surface area (Å²) in [6.45, 7) is 7.60. The van der Waals surface area contributed by atoms with E-state index in [-0.39, 0.29) is 18.6 Å². The van der Waals surface area contributed by atoms with Crippen LogP contribution in [0.2, 0.25) is 0 Å². The summed E-state index contributed by atoms with van der Waals surface area (Å²) in [6.07, 6.45) is 1.53. The van der Waals surface area contributed by atoms with Gasteiger partial charge in [0.15, 0.2) is 5.11 Å². The summed E-state index contributed by atoms with van der Waals surface area (Å²) in [7, 11) is 0. The Balaban J connectivity index is 2.30. The van der Waals surface area contributed by atoms with E-state index >= 15 is 0 Å². The zero-order valence-corrected chi connectivity index (χ0v) is 13.7. The van der Waals surface area contributed by atoms with Crippen LogP contribution in [0.4, 0.5) is 0 Å². The molecule has 1 aliphatic rings. The van der Waals surface area contributed by atoms with Gasteiger partial charge in [-0.25, -0.2) is 0 Å². The van der Waals surface area contributed by atoms with Gasteiger partial charge in [-0.2, -0.15) is 0 Å². The van der Waals surface area contributed by atoms with E-state index in [1.807, 2.05) is 24.3 Å². The van der Waals surface area contributed by atoms with E-state index in [2.05, 4.69) is 39.7 Å². The average Bonchev–Trinajstić information content (AvgIpc) is 2.44. The lowest BCUT2D eigenvalue weighted by Gasteiger charge is -2.34. The van der Waals surface area contributed by atoms with Crippen molar-refractivity contribution in [1.82, 2.24) is 10.6 Å². The maximum Gasteiger partial charge on any atom is 0.317 e. The highest BCUT2D eigenvalue weighted by Gasteiger charge is 2.37. The summed E-state index contributed by atoms with van der Waals surface area (Å²) in [5.74, 6) is -0.923. The van der Waals surface area contributed by atoms with E-state index in [0.717, 1.165) is 10.0 Å². The molecule has 1 fully saturated rings. The molecule has 4 nitrogen and oxygen atoms in total. The Bertz CT molecular complexity index is 586. The molecule has 21 heavy (non-hydrogen) atoms. The maximum atomic E-state index is 12.3. The molecule has 0 radical (unpaired) electrons. The molecule has 1 saturated heterocycles. The molecule has 2 rings (SSSR count). The lowest BCUT2D eigenvalue weighted by molar-refractivity contribution is -0.147. The minimum atomic E-state index is -0.558. The number of carbonyl (C=O) groups excluding carboxylic acids is 1. The number of nitrogens with one attached hydrogen (secondary N) is 2. The highest BCUT2D eigenvalue weighted by Crippen LogP contribution is 2.31. The fourth-order valence-corrected chi connectivity index (χ4v) is 2.66. The molecule has 0 bridgehead atoms. The van der Waals surface area contributed by atoms with Crippen LogP contribution >= 0.6 is 28.1 Å². The summed E-state index contributed by atoms with van der Waals surface area (Å²) < 4.78 is 6.13. The van der Waals surface area contributed by atoms with Gasteiger partial charge >= 0.3 is 5.97 Å². The van der Waals surface area contributed by atoms with Gasteiger partial charge in [-0.15, -0.1) is 0 Å². The molecule has 0 aromatic heterocycles. The first-order valence-corrected chi connectivity index (χ1v) is 7.52. The second kappa shape index (κ2) is 6.87. The number of hydrogen-bond acceptors (Lipinski definition) is 3. The lowest BCUT2D eigenvalue weighted by atomic mass is 9.89. The van der Waals surface area contributed by atoms with Gasteiger partial charge in [0.05, 0.1) is 6.04 Å². The molecular formula is C15H15BrN2O2S. The Morgan fingerprint density at radius 2 is 2.10 bits per heavy atom. The Morgan fingerprint density at radius 1 is 1.43 bits per heavy atom. The van der Waals surface area contributed by atoms with Crippen molar-refractivity contribution in [3.8, 4) is 0 Å². The third-order valence-electron chi connectivity index (χ3n) is 3.10. The summed E-state index contributed by atoms with van der Waals surface area (Å²) in [5.41, 5.74) is 1.46. The van der Waals surface area contributed by atoms with Crippen LogP contribution in [0, 0.1) is 5.92 Å². The van der Waals surface area contributed by atoms with Gasteiger partial charge in [-0.05, 0) is 29.9 Å². The molecule has 1 heterocycles. The lowest BCUT2D eigenvalue weighted by Crippen LogP contribution is -2.51. The van der Waals surface area contributed by atoms with Crippen molar-refractivity contribution < 1.29 is 9.53 Å². The topological polar surface area (TPSA) is 50.4 Å². The van der Waals surface area contributed by atoms with E-state index < -0.39 is 5.92 Å². The van der Waals surface area contributed by atoms with E-state index in [9.17, 15) is 4.79 Å². The molecule has 2 N–H and O–H groups in total. The van der Waals surface area contributed by atoms with Crippen LogP contribution in [-0.2, 0) is 9.53 Å². The normalized spacial score (nSPS) is 21.2. The molecular weight excluding hydrogens is 352 g/mol. The van der Waals surface area contributed by atoms with Crippen molar-refractivity contribution in [3.05, 3.63) is 59.2 Å². The smallest absolute Gasteiger partial charge is 0.317 e. The summed E-state index contributed by atoms with van der Waals surface area (Å²) in [6, 6.07) is 7.37. The molecule has 0 spiro atoms. The van der Waals surface area contributed by atoms with Crippen LogP contribution in [-0.4, -0.2) is 17.7 Å². The molecule has 0 aliphatic carbocycles. The molecule has 0 unspecified atom stereocenters. The van der Waals surface area contributed by atoms with Crippen LogP contribution in [0.1, 0.15) is 11.6 Å². The second-order valence-electron chi connectivity index (χ2n) is 4.55. The molecule has 0 saturated carbocycles. The van der Waals surface area contributed by atoms with Crippen LogP contribution in [0.15, 0.2) is 53.7 Å². The fourth-order valence-electron chi connectivity index (χ4n) is 2.14.